The molecule has 2 unspecified atom stereocenters. The van der Waals surface area contributed by atoms with Gasteiger partial charge in [-0.25, -0.2) is 28.9 Å². The average molecular weight is 619 g/mol. The Hall–Kier alpha value is -1.98. The van der Waals surface area contributed by atoms with Gasteiger partial charge in [-0.3, -0.25) is 23.4 Å². The summed E-state index contributed by atoms with van der Waals surface area (Å²) in [6.45, 7) is -9.02. The van der Waals surface area contributed by atoms with Gasteiger partial charge in [0.25, 0.3) is 0 Å². The number of aromatic nitrogens is 6. The predicted octanol–water partition coefficient (Wildman–Crippen LogP) is 1.78. The molecule has 1 fully saturated rings. The number of imidazole rings is 2. The van der Waals surface area contributed by atoms with Crippen molar-refractivity contribution in [3.05, 3.63) is 36.1 Å². The van der Waals surface area contributed by atoms with Crippen LogP contribution < -0.4 is 0 Å². The van der Waals surface area contributed by atoms with E-state index in [0.29, 0.717) is 11.2 Å². The van der Waals surface area contributed by atoms with E-state index in [1.807, 2.05) is 0 Å². The van der Waals surface area contributed by atoms with E-state index in [9.17, 15) is 14.3 Å². The minimum absolute atomic E-state index is 0.0746. The van der Waals surface area contributed by atoms with Crippen LogP contribution in [0.3, 0.4) is 0 Å². The third kappa shape index (κ3) is 5.38. The third-order valence-corrected chi connectivity index (χ3v) is 9.37. The number of fused-ring (bicyclic) bond motifs is 6. The van der Waals surface area contributed by atoms with Crippen LogP contribution in [0.15, 0.2) is 23.8 Å². The van der Waals surface area contributed by atoms with Crippen LogP contribution >= 0.6 is 25.8 Å². The molecular formula is C19H20FN7O8P2S2. The van der Waals surface area contributed by atoms with E-state index in [0.717, 1.165) is 0 Å². The quantitative estimate of drug-likeness (QED) is 0.298. The fourth-order valence-electron chi connectivity index (χ4n) is 4.42. The number of carbonyl (C=O) groups is 1. The summed E-state index contributed by atoms with van der Waals surface area (Å²) < 4.78 is 59.8. The van der Waals surface area contributed by atoms with Gasteiger partial charge in [0.1, 0.15) is 48.7 Å². The molecule has 6 heterocycles. The van der Waals surface area contributed by atoms with Crippen molar-refractivity contribution in [2.75, 3.05) is 19.8 Å². The average Bonchev–Trinajstić information content (AvgIpc) is 3.56. The summed E-state index contributed by atoms with van der Waals surface area (Å²) in [6.07, 6.45) is -0.649. The van der Waals surface area contributed by atoms with Gasteiger partial charge >= 0.3 is 13.5 Å². The summed E-state index contributed by atoms with van der Waals surface area (Å²) in [5.74, 6) is -0.0666. The smallest absolute Gasteiger partial charge is 0.346 e. The van der Waals surface area contributed by atoms with Crippen molar-refractivity contribution in [3.63, 3.8) is 0 Å². The first-order chi connectivity index (χ1) is 18.6. The van der Waals surface area contributed by atoms with Gasteiger partial charge in [-0.05, 0) is 11.8 Å². The van der Waals surface area contributed by atoms with Crippen molar-refractivity contribution < 1.29 is 41.5 Å². The molecule has 6 rings (SSSR count). The molecule has 0 aliphatic carbocycles. The zero-order chi connectivity index (χ0) is 27.4. The minimum atomic E-state index is -4.25. The molecule has 1 N–H and O–H groups in total. The van der Waals surface area contributed by atoms with E-state index in [-0.39, 0.29) is 49.3 Å². The fraction of sp³-hybridized carbons (Fsp3) is 0.474. The Kier molecular flexibility index (Phi) is 7.29. The molecule has 20 heteroatoms. The van der Waals surface area contributed by atoms with Crippen LogP contribution in [0.4, 0.5) is 4.39 Å². The summed E-state index contributed by atoms with van der Waals surface area (Å²) in [6, 6.07) is 0. The predicted molar refractivity (Wildman–Crippen MR) is 138 cm³/mol. The summed E-state index contributed by atoms with van der Waals surface area (Å²) in [7, 11) is 0. The van der Waals surface area contributed by atoms with Gasteiger partial charge < -0.3 is 23.2 Å². The summed E-state index contributed by atoms with van der Waals surface area (Å²) in [4.78, 5) is 43.4. The van der Waals surface area contributed by atoms with Crippen LogP contribution in [-0.4, -0.2) is 84.1 Å². The third-order valence-electron chi connectivity index (χ3n) is 6.16. The number of ether oxygens (including phenoxy) is 1. The largest absolute Gasteiger partial charge is 0.387 e. The number of carbonyl (C=O) groups excluding carboxylic acids is 1. The molecule has 0 aromatic carbocycles. The van der Waals surface area contributed by atoms with Crippen molar-refractivity contribution in [1.29, 1.82) is 0 Å². The number of rotatable bonds is 1. The zero-order valence-corrected chi connectivity index (χ0v) is 23.2. The standard InChI is InChI=1S/C19H20FN7O8P2S2/c20-15-13-6-32-36(29,38)31-2-1-26-14(25-10-3-22-8-23-18(10)26)7-33-37(30,39)35-17(15)19(34-13)27-9-24-16-11(27)4-21-5-12(16)28/h3-4,8-9,13,15,17,19H,1-2,5-7H2,(H,29,38)(H,30,39)/t13-,15-,17-,19-,36?,37?/m1/s1. The second-order valence-electron chi connectivity index (χ2n) is 8.61. The lowest BCUT2D eigenvalue weighted by atomic mass is 10.1. The molecule has 6 atom stereocenters. The van der Waals surface area contributed by atoms with Crippen molar-refractivity contribution in [1.82, 2.24) is 29.1 Å². The maximum absolute atomic E-state index is 15.8. The molecule has 3 aliphatic rings. The van der Waals surface area contributed by atoms with Crippen LogP contribution in [0.5, 0.6) is 0 Å². The molecule has 0 saturated carbocycles. The number of thiol groups is 1. The van der Waals surface area contributed by atoms with Crippen LogP contribution in [0.1, 0.15) is 28.2 Å². The molecule has 0 amide bonds. The number of ketones is 1. The van der Waals surface area contributed by atoms with Gasteiger partial charge in [0.05, 0.1) is 31.4 Å². The van der Waals surface area contributed by atoms with Gasteiger partial charge in [0.15, 0.2) is 18.0 Å². The molecule has 39 heavy (non-hydrogen) atoms. The van der Waals surface area contributed by atoms with Crippen molar-refractivity contribution in [2.24, 2.45) is 4.99 Å². The van der Waals surface area contributed by atoms with Gasteiger partial charge in [-0.1, -0.05) is 12.2 Å². The first kappa shape index (κ1) is 27.2. The highest BCUT2D eigenvalue weighted by atomic mass is 32.7. The second kappa shape index (κ2) is 10.4. The van der Waals surface area contributed by atoms with Crippen LogP contribution in [0, 0.1) is 0 Å². The molecule has 3 aromatic heterocycles. The Balaban J connectivity index is 1.35. The lowest BCUT2D eigenvalue weighted by Crippen LogP contribution is -2.32. The molecule has 208 valence electrons. The first-order valence-electron chi connectivity index (χ1n) is 11.4. The highest BCUT2D eigenvalue weighted by Crippen LogP contribution is 2.57. The Bertz CT molecular complexity index is 1570. The molecular weight excluding hydrogens is 599 g/mol. The van der Waals surface area contributed by atoms with Crippen molar-refractivity contribution >= 4 is 60.7 Å². The van der Waals surface area contributed by atoms with Crippen LogP contribution in [0.2, 0.25) is 0 Å². The number of alkyl halides is 1. The van der Waals surface area contributed by atoms with E-state index < -0.39 is 44.7 Å². The van der Waals surface area contributed by atoms with Crippen molar-refractivity contribution in [3.8, 4) is 0 Å². The molecule has 1 saturated heterocycles. The Labute approximate surface area is 229 Å². The van der Waals surface area contributed by atoms with Gasteiger partial charge in [0, 0.05) is 12.8 Å². The van der Waals surface area contributed by atoms with Crippen LogP contribution in [-0.2, 0) is 52.4 Å². The van der Waals surface area contributed by atoms with E-state index >= 15 is 4.39 Å². The highest BCUT2D eigenvalue weighted by molar-refractivity contribution is 8.44. The van der Waals surface area contributed by atoms with Gasteiger partial charge in [-0.15, -0.1) is 0 Å². The lowest BCUT2D eigenvalue weighted by molar-refractivity contribution is -0.0473. The minimum Gasteiger partial charge on any atom is -0.346 e. The van der Waals surface area contributed by atoms with Gasteiger partial charge in [0.2, 0.25) is 5.78 Å². The van der Waals surface area contributed by atoms with Crippen LogP contribution in [0.25, 0.3) is 11.2 Å². The maximum atomic E-state index is 15.8. The second-order valence-corrected chi connectivity index (χ2v) is 14.3. The summed E-state index contributed by atoms with van der Waals surface area (Å²) >= 11 is 9.15. The number of hydrogen-bond acceptors (Lipinski definition) is 13. The molecule has 0 radical (unpaired) electrons. The first-order valence-corrected chi connectivity index (χ1v) is 16.7. The number of Topliss-reactive ketones (excluding diaryl/α,β-unsaturated/α-hetero) is 1. The fourth-order valence-corrected chi connectivity index (χ4v) is 6.91. The normalized spacial score (nSPS) is 33.9. The molecule has 2 bridgehead atoms. The van der Waals surface area contributed by atoms with Crippen molar-refractivity contribution in [2.45, 2.75) is 37.8 Å². The highest BCUT2D eigenvalue weighted by Gasteiger charge is 2.51. The monoisotopic (exact) mass is 619 g/mol. The van der Waals surface area contributed by atoms with E-state index in [4.69, 9.17) is 34.6 Å². The number of aliphatic imine (C=N–C) groups is 1. The van der Waals surface area contributed by atoms with E-state index in [2.05, 4.69) is 37.2 Å². The number of hydrogen-bond donors (Lipinski definition) is 2. The Morgan fingerprint density at radius 1 is 1.26 bits per heavy atom. The number of halogens is 1. The zero-order valence-electron chi connectivity index (χ0n) is 19.7. The summed E-state index contributed by atoms with van der Waals surface area (Å²) in [5.41, 5.74) is 1.23. The van der Waals surface area contributed by atoms with Gasteiger partial charge in [-0.2, -0.15) is 0 Å². The van der Waals surface area contributed by atoms with E-state index in [1.165, 1.54) is 29.6 Å². The van der Waals surface area contributed by atoms with E-state index in [1.54, 1.807) is 4.57 Å². The molecule has 3 aromatic rings. The Morgan fingerprint density at radius 3 is 2.95 bits per heavy atom. The molecule has 0 spiro atoms. The molecule has 15 nitrogen and oxygen atoms in total. The number of nitrogens with zero attached hydrogens (tertiary/aromatic N) is 7. The molecule has 3 aliphatic heterocycles. The summed E-state index contributed by atoms with van der Waals surface area (Å²) in [5, 5.41) is 0. The maximum Gasteiger partial charge on any atom is 0.387 e. The Morgan fingerprint density at radius 2 is 2.10 bits per heavy atom. The topological polar surface area (TPSA) is 174 Å². The SMILES string of the molecule is O=C1CN=Cc2c1ncn2[C@@H]1O[C@@H]2COP(O)(=S)OCCn3c(nc4cncnc43)COP(=O)(S)O[C@@H]1[C@@H]2F. The lowest BCUT2D eigenvalue weighted by Gasteiger charge is -2.24.